The molecular weight excluding hydrogens is 200 g/mol. The van der Waals surface area contributed by atoms with Gasteiger partial charge in [0.2, 0.25) is 5.91 Å². The summed E-state index contributed by atoms with van der Waals surface area (Å²) in [5, 5.41) is 14.7. The number of rotatable bonds is 4. The molecule has 0 aliphatic rings. The zero-order valence-electron chi connectivity index (χ0n) is 8.48. The second-order valence-corrected chi connectivity index (χ2v) is 3.65. The van der Waals surface area contributed by atoms with Crippen molar-refractivity contribution in [1.82, 2.24) is 10.5 Å². The molecule has 0 spiro atoms. The van der Waals surface area contributed by atoms with Gasteiger partial charge in [-0.1, -0.05) is 5.16 Å². The number of amides is 1. The minimum Gasteiger partial charge on any atom is -0.480 e. The second kappa shape index (κ2) is 4.12. The van der Waals surface area contributed by atoms with Gasteiger partial charge in [-0.25, -0.2) is 4.79 Å². The molecule has 6 nitrogen and oxygen atoms in total. The summed E-state index contributed by atoms with van der Waals surface area (Å²) in [6.45, 7) is 2.83. The van der Waals surface area contributed by atoms with Crippen LogP contribution in [0.1, 0.15) is 19.5 Å². The number of nitrogens with one attached hydrogen (secondary N) is 1. The fourth-order valence-corrected chi connectivity index (χ4v) is 0.939. The van der Waals surface area contributed by atoms with Crippen molar-refractivity contribution in [3.63, 3.8) is 0 Å². The number of carbonyl (C=O) groups is 2. The van der Waals surface area contributed by atoms with E-state index in [0.29, 0.717) is 5.69 Å². The average molecular weight is 212 g/mol. The van der Waals surface area contributed by atoms with Gasteiger partial charge < -0.3 is 14.9 Å². The van der Waals surface area contributed by atoms with Gasteiger partial charge in [-0.3, -0.25) is 4.79 Å². The Morgan fingerprint density at radius 2 is 2.27 bits per heavy atom. The van der Waals surface area contributed by atoms with Crippen molar-refractivity contribution in [3.05, 3.63) is 18.0 Å². The van der Waals surface area contributed by atoms with Crippen LogP contribution in [0.3, 0.4) is 0 Å². The Morgan fingerprint density at radius 1 is 1.60 bits per heavy atom. The van der Waals surface area contributed by atoms with E-state index < -0.39 is 17.4 Å². The number of hydrogen-bond donors (Lipinski definition) is 2. The first-order chi connectivity index (χ1) is 6.92. The van der Waals surface area contributed by atoms with Crippen molar-refractivity contribution in [3.8, 4) is 0 Å². The van der Waals surface area contributed by atoms with Crippen LogP contribution in [0.15, 0.2) is 16.9 Å². The molecule has 2 N–H and O–H groups in total. The number of carboxylic acid groups (broad SMARTS) is 1. The fourth-order valence-electron chi connectivity index (χ4n) is 0.939. The Bertz CT molecular complexity index is 356. The lowest BCUT2D eigenvalue weighted by atomic mass is 10.1. The van der Waals surface area contributed by atoms with Gasteiger partial charge in [0, 0.05) is 6.07 Å². The largest absolute Gasteiger partial charge is 0.480 e. The number of aliphatic carboxylic acids is 1. The summed E-state index contributed by atoms with van der Waals surface area (Å²) in [7, 11) is 0. The first-order valence-corrected chi connectivity index (χ1v) is 4.35. The third-order valence-corrected chi connectivity index (χ3v) is 1.82. The maximum Gasteiger partial charge on any atom is 0.328 e. The molecule has 0 aliphatic carbocycles. The Kier molecular flexibility index (Phi) is 3.08. The van der Waals surface area contributed by atoms with Crippen LogP contribution >= 0.6 is 0 Å². The summed E-state index contributed by atoms with van der Waals surface area (Å²) < 4.78 is 4.55. The lowest BCUT2D eigenvalue weighted by molar-refractivity contribution is -0.145. The smallest absolute Gasteiger partial charge is 0.328 e. The SMILES string of the molecule is CC(C)(NC(=O)Cc1ccon1)C(=O)O. The zero-order chi connectivity index (χ0) is 11.5. The predicted octanol–water partition coefficient (Wildman–Crippen LogP) is 0.196. The van der Waals surface area contributed by atoms with E-state index in [0.717, 1.165) is 0 Å². The molecular formula is C9H12N2O4. The summed E-state index contributed by atoms with van der Waals surface area (Å²) in [6, 6.07) is 1.55. The molecule has 0 aromatic carbocycles. The first-order valence-electron chi connectivity index (χ1n) is 4.35. The van der Waals surface area contributed by atoms with E-state index in [1.165, 1.54) is 20.1 Å². The van der Waals surface area contributed by atoms with Gasteiger partial charge in [-0.05, 0) is 13.8 Å². The maximum absolute atomic E-state index is 11.4. The van der Waals surface area contributed by atoms with E-state index in [9.17, 15) is 9.59 Å². The molecule has 82 valence electrons. The molecule has 1 aromatic rings. The van der Waals surface area contributed by atoms with Crippen LogP contribution in [-0.4, -0.2) is 27.7 Å². The van der Waals surface area contributed by atoms with Crippen LogP contribution < -0.4 is 5.32 Å². The topological polar surface area (TPSA) is 92.4 Å². The van der Waals surface area contributed by atoms with Crippen molar-refractivity contribution in [2.24, 2.45) is 0 Å². The maximum atomic E-state index is 11.4. The van der Waals surface area contributed by atoms with Crippen molar-refractivity contribution in [1.29, 1.82) is 0 Å². The molecule has 0 saturated carbocycles. The fraction of sp³-hybridized carbons (Fsp3) is 0.444. The van der Waals surface area contributed by atoms with E-state index in [1.807, 2.05) is 0 Å². The minimum atomic E-state index is -1.28. The Labute approximate surface area is 86.3 Å². The van der Waals surface area contributed by atoms with Gasteiger partial charge >= 0.3 is 5.97 Å². The van der Waals surface area contributed by atoms with Crippen LogP contribution in [0.25, 0.3) is 0 Å². The van der Waals surface area contributed by atoms with Crippen molar-refractivity contribution >= 4 is 11.9 Å². The molecule has 1 heterocycles. The van der Waals surface area contributed by atoms with Crippen LogP contribution in [-0.2, 0) is 16.0 Å². The Hall–Kier alpha value is -1.85. The van der Waals surface area contributed by atoms with Crippen LogP contribution in [0.4, 0.5) is 0 Å². The van der Waals surface area contributed by atoms with Gasteiger partial charge in [0.25, 0.3) is 0 Å². The minimum absolute atomic E-state index is 0.00715. The van der Waals surface area contributed by atoms with Gasteiger partial charge in [0.15, 0.2) is 0 Å². The van der Waals surface area contributed by atoms with Crippen LogP contribution in [0.5, 0.6) is 0 Å². The second-order valence-electron chi connectivity index (χ2n) is 3.65. The molecule has 1 aromatic heterocycles. The van der Waals surface area contributed by atoms with Gasteiger partial charge in [-0.2, -0.15) is 0 Å². The van der Waals surface area contributed by atoms with E-state index >= 15 is 0 Å². The molecule has 1 rings (SSSR count). The lowest BCUT2D eigenvalue weighted by Crippen LogP contribution is -2.50. The molecule has 0 radical (unpaired) electrons. The van der Waals surface area contributed by atoms with Crippen LogP contribution in [0.2, 0.25) is 0 Å². The number of aromatic nitrogens is 1. The summed E-state index contributed by atoms with van der Waals surface area (Å²) in [5.74, 6) is -1.49. The number of carbonyl (C=O) groups excluding carboxylic acids is 1. The Balaban J connectivity index is 2.53. The Morgan fingerprint density at radius 3 is 2.73 bits per heavy atom. The highest BCUT2D eigenvalue weighted by atomic mass is 16.5. The summed E-state index contributed by atoms with van der Waals surface area (Å²) in [5.41, 5.74) is -0.811. The molecule has 0 atom stereocenters. The third-order valence-electron chi connectivity index (χ3n) is 1.82. The van der Waals surface area contributed by atoms with Crippen LogP contribution in [0, 0.1) is 0 Å². The highest BCUT2D eigenvalue weighted by molar-refractivity contribution is 5.87. The molecule has 15 heavy (non-hydrogen) atoms. The highest BCUT2D eigenvalue weighted by Gasteiger charge is 2.28. The van der Waals surface area contributed by atoms with E-state index in [-0.39, 0.29) is 6.42 Å². The lowest BCUT2D eigenvalue weighted by Gasteiger charge is -2.20. The summed E-state index contributed by atoms with van der Waals surface area (Å²) >= 11 is 0. The molecule has 1 amide bonds. The van der Waals surface area contributed by atoms with Gasteiger partial charge in [0.1, 0.15) is 11.8 Å². The number of nitrogens with zero attached hydrogens (tertiary/aromatic N) is 1. The molecule has 0 fully saturated rings. The van der Waals surface area contributed by atoms with E-state index in [1.54, 1.807) is 6.07 Å². The standard InChI is InChI=1S/C9H12N2O4/c1-9(2,8(13)14)10-7(12)5-6-3-4-15-11-6/h3-4H,5H2,1-2H3,(H,10,12)(H,13,14). The van der Waals surface area contributed by atoms with Gasteiger partial charge in [-0.15, -0.1) is 0 Å². The first kappa shape index (κ1) is 11.2. The highest BCUT2D eigenvalue weighted by Crippen LogP contribution is 2.03. The normalized spacial score (nSPS) is 11.1. The molecule has 0 unspecified atom stereocenters. The molecule has 6 heteroatoms. The summed E-state index contributed by atoms with van der Waals surface area (Å²) in [4.78, 5) is 22.1. The molecule has 0 aliphatic heterocycles. The van der Waals surface area contributed by atoms with Crippen molar-refractivity contribution < 1.29 is 19.2 Å². The third kappa shape index (κ3) is 3.08. The average Bonchev–Trinajstić information content (AvgIpc) is 2.54. The molecule has 0 bridgehead atoms. The summed E-state index contributed by atoms with van der Waals surface area (Å²) in [6.07, 6.45) is 1.36. The monoisotopic (exact) mass is 212 g/mol. The van der Waals surface area contributed by atoms with Crippen molar-refractivity contribution in [2.45, 2.75) is 25.8 Å². The van der Waals surface area contributed by atoms with Gasteiger partial charge in [0.05, 0.1) is 12.1 Å². The number of carboxylic acids is 1. The zero-order valence-corrected chi connectivity index (χ0v) is 8.48. The van der Waals surface area contributed by atoms with Crippen molar-refractivity contribution in [2.75, 3.05) is 0 Å². The quantitative estimate of drug-likeness (QED) is 0.743. The van der Waals surface area contributed by atoms with E-state index in [2.05, 4.69) is 15.0 Å². The number of hydrogen-bond acceptors (Lipinski definition) is 4. The van der Waals surface area contributed by atoms with E-state index in [4.69, 9.17) is 5.11 Å². The molecule has 0 saturated heterocycles. The predicted molar refractivity (Wildman–Crippen MR) is 50.1 cm³/mol.